The van der Waals surface area contributed by atoms with E-state index in [1.165, 1.54) is 38.8 Å². The Morgan fingerprint density at radius 2 is 1.59 bits per heavy atom. The molecule has 3 nitrogen and oxygen atoms in total. The summed E-state index contributed by atoms with van der Waals surface area (Å²) in [6.45, 7) is 9.47. The molecular formula is C14H30N2O. The SMILES string of the molecule is CCCCN(CCCC)C1(CN)CCOCC1. The Morgan fingerprint density at radius 1 is 1.06 bits per heavy atom. The molecule has 17 heavy (non-hydrogen) atoms. The fraction of sp³-hybridized carbons (Fsp3) is 1.00. The van der Waals surface area contributed by atoms with E-state index in [2.05, 4.69) is 18.7 Å². The van der Waals surface area contributed by atoms with Gasteiger partial charge in [-0.15, -0.1) is 0 Å². The van der Waals surface area contributed by atoms with Gasteiger partial charge in [-0.25, -0.2) is 0 Å². The van der Waals surface area contributed by atoms with Crippen LogP contribution in [0.25, 0.3) is 0 Å². The molecular weight excluding hydrogens is 212 g/mol. The van der Waals surface area contributed by atoms with Gasteiger partial charge in [-0.2, -0.15) is 0 Å². The summed E-state index contributed by atoms with van der Waals surface area (Å²) in [5, 5.41) is 0. The van der Waals surface area contributed by atoms with Crippen LogP contribution in [0.3, 0.4) is 0 Å². The van der Waals surface area contributed by atoms with Crippen molar-refractivity contribution in [2.75, 3.05) is 32.8 Å². The van der Waals surface area contributed by atoms with Gasteiger partial charge in [-0.3, -0.25) is 4.90 Å². The molecule has 1 fully saturated rings. The van der Waals surface area contributed by atoms with E-state index in [1.807, 2.05) is 0 Å². The van der Waals surface area contributed by atoms with Crippen molar-refractivity contribution in [1.29, 1.82) is 0 Å². The molecule has 0 aromatic rings. The van der Waals surface area contributed by atoms with E-state index >= 15 is 0 Å². The second-order valence-electron chi connectivity index (χ2n) is 5.23. The van der Waals surface area contributed by atoms with Crippen LogP contribution in [0, 0.1) is 0 Å². The zero-order valence-electron chi connectivity index (χ0n) is 11.7. The molecule has 0 atom stereocenters. The number of unbranched alkanes of at least 4 members (excludes halogenated alkanes) is 2. The van der Waals surface area contributed by atoms with E-state index in [1.54, 1.807) is 0 Å². The van der Waals surface area contributed by atoms with Gasteiger partial charge in [-0.05, 0) is 38.8 Å². The molecule has 3 heteroatoms. The molecule has 1 aliphatic heterocycles. The van der Waals surface area contributed by atoms with Crippen LogP contribution in [0.15, 0.2) is 0 Å². The molecule has 0 saturated carbocycles. The molecule has 0 amide bonds. The summed E-state index contributed by atoms with van der Waals surface area (Å²) in [6, 6.07) is 0. The Bertz CT molecular complexity index is 183. The molecule has 0 radical (unpaired) electrons. The molecule has 0 bridgehead atoms. The highest BCUT2D eigenvalue weighted by atomic mass is 16.5. The van der Waals surface area contributed by atoms with Crippen LogP contribution in [0.5, 0.6) is 0 Å². The maximum Gasteiger partial charge on any atom is 0.0484 e. The van der Waals surface area contributed by atoms with Gasteiger partial charge in [0.15, 0.2) is 0 Å². The summed E-state index contributed by atoms with van der Waals surface area (Å²) in [6.07, 6.45) is 7.31. The summed E-state index contributed by atoms with van der Waals surface area (Å²) in [7, 11) is 0. The molecule has 0 aliphatic carbocycles. The van der Waals surface area contributed by atoms with Crippen molar-refractivity contribution >= 4 is 0 Å². The van der Waals surface area contributed by atoms with Gasteiger partial charge < -0.3 is 10.5 Å². The van der Waals surface area contributed by atoms with E-state index in [0.29, 0.717) is 0 Å². The molecule has 0 aromatic heterocycles. The lowest BCUT2D eigenvalue weighted by molar-refractivity contribution is -0.0254. The fourth-order valence-electron chi connectivity index (χ4n) is 2.68. The average Bonchev–Trinajstić information content (AvgIpc) is 2.39. The van der Waals surface area contributed by atoms with Crippen molar-refractivity contribution in [3.8, 4) is 0 Å². The molecule has 0 spiro atoms. The van der Waals surface area contributed by atoms with Gasteiger partial charge in [-0.1, -0.05) is 26.7 Å². The van der Waals surface area contributed by atoms with Crippen LogP contribution < -0.4 is 5.73 Å². The summed E-state index contributed by atoms with van der Waals surface area (Å²) in [5.74, 6) is 0. The zero-order valence-corrected chi connectivity index (χ0v) is 11.7. The minimum atomic E-state index is 0.225. The third-order valence-corrected chi connectivity index (χ3v) is 4.04. The van der Waals surface area contributed by atoms with Gasteiger partial charge in [0.25, 0.3) is 0 Å². The lowest BCUT2D eigenvalue weighted by Gasteiger charge is -2.46. The Labute approximate surface area is 107 Å². The Morgan fingerprint density at radius 3 is 2.00 bits per heavy atom. The molecule has 0 unspecified atom stereocenters. The topological polar surface area (TPSA) is 38.5 Å². The van der Waals surface area contributed by atoms with E-state index in [0.717, 1.165) is 32.6 Å². The van der Waals surface area contributed by atoms with Crippen molar-refractivity contribution in [3.05, 3.63) is 0 Å². The smallest absolute Gasteiger partial charge is 0.0484 e. The standard InChI is InChI=1S/C14H30N2O/c1-3-5-9-16(10-6-4-2)14(13-15)7-11-17-12-8-14/h3-13,15H2,1-2H3. The Balaban J connectivity index is 2.61. The number of hydrogen-bond acceptors (Lipinski definition) is 3. The molecule has 1 heterocycles. The molecule has 0 aromatic carbocycles. The minimum absolute atomic E-state index is 0.225. The van der Waals surface area contributed by atoms with Gasteiger partial charge in [0.1, 0.15) is 0 Å². The highest BCUT2D eigenvalue weighted by Gasteiger charge is 2.36. The monoisotopic (exact) mass is 242 g/mol. The quantitative estimate of drug-likeness (QED) is 0.710. The first-order chi connectivity index (χ1) is 8.29. The van der Waals surface area contributed by atoms with E-state index in [-0.39, 0.29) is 5.54 Å². The third kappa shape index (κ3) is 4.23. The molecule has 1 rings (SSSR count). The van der Waals surface area contributed by atoms with E-state index in [4.69, 9.17) is 10.5 Å². The third-order valence-electron chi connectivity index (χ3n) is 4.04. The van der Waals surface area contributed by atoms with Crippen LogP contribution >= 0.6 is 0 Å². The maximum absolute atomic E-state index is 6.09. The van der Waals surface area contributed by atoms with Crippen LogP contribution in [-0.2, 0) is 4.74 Å². The van der Waals surface area contributed by atoms with Crippen LogP contribution in [0.1, 0.15) is 52.4 Å². The van der Waals surface area contributed by atoms with Crippen LogP contribution in [0.2, 0.25) is 0 Å². The summed E-state index contributed by atoms with van der Waals surface area (Å²) in [5.41, 5.74) is 6.31. The second kappa shape index (κ2) is 8.06. The predicted octanol–water partition coefficient (Wildman–Crippen LogP) is 2.40. The van der Waals surface area contributed by atoms with Crippen molar-refractivity contribution in [1.82, 2.24) is 4.90 Å². The number of rotatable bonds is 8. The maximum atomic E-state index is 6.09. The summed E-state index contributed by atoms with van der Waals surface area (Å²) in [4.78, 5) is 2.66. The van der Waals surface area contributed by atoms with Crippen molar-refractivity contribution < 1.29 is 4.74 Å². The van der Waals surface area contributed by atoms with Gasteiger partial charge in [0.05, 0.1) is 0 Å². The first-order valence-electron chi connectivity index (χ1n) is 7.32. The van der Waals surface area contributed by atoms with Gasteiger partial charge in [0, 0.05) is 25.3 Å². The minimum Gasteiger partial charge on any atom is -0.381 e. The van der Waals surface area contributed by atoms with Crippen molar-refractivity contribution in [3.63, 3.8) is 0 Å². The number of nitrogens with two attached hydrogens (primary N) is 1. The van der Waals surface area contributed by atoms with E-state index < -0.39 is 0 Å². The Kier molecular flexibility index (Phi) is 7.09. The van der Waals surface area contributed by atoms with Gasteiger partial charge >= 0.3 is 0 Å². The number of nitrogens with zero attached hydrogens (tertiary/aromatic N) is 1. The molecule has 1 saturated heterocycles. The van der Waals surface area contributed by atoms with Crippen molar-refractivity contribution in [2.24, 2.45) is 5.73 Å². The van der Waals surface area contributed by atoms with Crippen LogP contribution in [-0.4, -0.2) is 43.3 Å². The van der Waals surface area contributed by atoms with Crippen molar-refractivity contribution in [2.45, 2.75) is 57.9 Å². The average molecular weight is 242 g/mol. The second-order valence-corrected chi connectivity index (χ2v) is 5.23. The summed E-state index contributed by atoms with van der Waals surface area (Å²) >= 11 is 0. The fourth-order valence-corrected chi connectivity index (χ4v) is 2.68. The largest absolute Gasteiger partial charge is 0.381 e. The lowest BCUT2D eigenvalue weighted by atomic mass is 9.87. The van der Waals surface area contributed by atoms with Gasteiger partial charge in [0.2, 0.25) is 0 Å². The summed E-state index contributed by atoms with van der Waals surface area (Å²) < 4.78 is 5.50. The van der Waals surface area contributed by atoms with E-state index in [9.17, 15) is 0 Å². The Hall–Kier alpha value is -0.120. The first-order valence-corrected chi connectivity index (χ1v) is 7.32. The number of hydrogen-bond donors (Lipinski definition) is 1. The predicted molar refractivity (Wildman–Crippen MR) is 73.2 cm³/mol. The molecule has 1 aliphatic rings. The molecule has 102 valence electrons. The molecule has 2 N–H and O–H groups in total. The zero-order chi connectivity index (χ0) is 12.6. The van der Waals surface area contributed by atoms with Crippen LogP contribution in [0.4, 0.5) is 0 Å². The first kappa shape index (κ1) is 14.9. The lowest BCUT2D eigenvalue weighted by Crippen LogP contribution is -2.57. The number of ether oxygens (including phenoxy) is 1. The highest BCUT2D eigenvalue weighted by Crippen LogP contribution is 2.27. The highest BCUT2D eigenvalue weighted by molar-refractivity contribution is 4.93. The normalized spacial score (nSPS) is 19.8.